The molecule has 0 aliphatic carbocycles. The number of ether oxygens (including phenoxy) is 1. The number of halogens is 2. The molecule has 0 saturated carbocycles. The lowest BCUT2D eigenvalue weighted by atomic mass is 10.1. The van der Waals surface area contributed by atoms with Crippen LogP contribution in [-0.2, 0) is 6.61 Å². The summed E-state index contributed by atoms with van der Waals surface area (Å²) in [5.74, 6) is 0.685. The van der Waals surface area contributed by atoms with Gasteiger partial charge in [0.1, 0.15) is 18.2 Å². The number of benzene rings is 2. The van der Waals surface area contributed by atoms with Crippen molar-refractivity contribution in [2.75, 3.05) is 0 Å². The minimum Gasteiger partial charge on any atom is -0.489 e. The molecule has 3 N–H and O–H groups in total. The van der Waals surface area contributed by atoms with E-state index >= 15 is 0 Å². The zero-order valence-electron chi connectivity index (χ0n) is 10.9. The van der Waals surface area contributed by atoms with Crippen LogP contribution >= 0.6 is 23.2 Å². The van der Waals surface area contributed by atoms with Crippen LogP contribution in [0.2, 0.25) is 10.0 Å². The van der Waals surface area contributed by atoms with E-state index in [0.717, 1.165) is 11.1 Å². The first-order valence-electron chi connectivity index (χ1n) is 5.99. The lowest BCUT2D eigenvalue weighted by Gasteiger charge is -2.12. The minimum atomic E-state index is 0.00985. The highest BCUT2D eigenvalue weighted by Crippen LogP contribution is 2.24. The summed E-state index contributed by atoms with van der Waals surface area (Å²) in [5.41, 5.74) is 7.88. The van der Waals surface area contributed by atoms with Gasteiger partial charge in [-0.1, -0.05) is 35.3 Å². The number of nitrogens with two attached hydrogens (primary N) is 1. The van der Waals surface area contributed by atoms with Gasteiger partial charge in [-0.15, -0.1) is 0 Å². The van der Waals surface area contributed by atoms with Crippen LogP contribution in [0.5, 0.6) is 5.75 Å². The number of hydrogen-bond acceptors (Lipinski definition) is 2. The van der Waals surface area contributed by atoms with Gasteiger partial charge >= 0.3 is 0 Å². The van der Waals surface area contributed by atoms with Crippen molar-refractivity contribution in [3.05, 3.63) is 63.1 Å². The first-order chi connectivity index (χ1) is 9.47. The van der Waals surface area contributed by atoms with Crippen LogP contribution in [0.3, 0.4) is 0 Å². The SMILES string of the molecule is Cc1ccc(C(=N)N)cc1OCc1cc(Cl)ccc1Cl. The van der Waals surface area contributed by atoms with E-state index in [4.69, 9.17) is 39.1 Å². The second-order valence-corrected chi connectivity index (χ2v) is 5.26. The minimum absolute atomic E-state index is 0.00985. The Labute approximate surface area is 127 Å². The van der Waals surface area contributed by atoms with E-state index in [9.17, 15) is 0 Å². The summed E-state index contributed by atoms with van der Waals surface area (Å²) in [4.78, 5) is 0. The Morgan fingerprint density at radius 1 is 1.20 bits per heavy atom. The second-order valence-electron chi connectivity index (χ2n) is 4.42. The molecule has 2 aromatic carbocycles. The molecular formula is C15H14Cl2N2O. The predicted octanol–water partition coefficient (Wildman–Crippen LogP) is 4.16. The average molecular weight is 309 g/mol. The summed E-state index contributed by atoms with van der Waals surface area (Å²) in [6, 6.07) is 10.6. The first kappa shape index (κ1) is 14.7. The van der Waals surface area contributed by atoms with Gasteiger partial charge in [-0.2, -0.15) is 0 Å². The van der Waals surface area contributed by atoms with E-state index < -0.39 is 0 Å². The van der Waals surface area contributed by atoms with Crippen LogP contribution in [-0.4, -0.2) is 5.84 Å². The van der Waals surface area contributed by atoms with Gasteiger partial charge in [-0.3, -0.25) is 5.41 Å². The Hall–Kier alpha value is -1.71. The molecule has 0 atom stereocenters. The molecule has 0 aliphatic rings. The number of nitrogens with one attached hydrogen (secondary N) is 1. The fourth-order valence-electron chi connectivity index (χ4n) is 1.73. The number of hydrogen-bond donors (Lipinski definition) is 2. The highest BCUT2D eigenvalue weighted by Gasteiger charge is 2.06. The van der Waals surface area contributed by atoms with Gasteiger partial charge in [0.05, 0.1) is 0 Å². The van der Waals surface area contributed by atoms with Crippen molar-refractivity contribution in [2.45, 2.75) is 13.5 Å². The van der Waals surface area contributed by atoms with Crippen LogP contribution in [0, 0.1) is 12.3 Å². The van der Waals surface area contributed by atoms with E-state index in [1.807, 2.05) is 13.0 Å². The summed E-state index contributed by atoms with van der Waals surface area (Å²) in [6.45, 7) is 2.24. The van der Waals surface area contributed by atoms with Gasteiger partial charge in [0.15, 0.2) is 0 Å². The molecule has 5 heteroatoms. The third kappa shape index (κ3) is 3.44. The molecule has 0 unspecified atom stereocenters. The molecule has 0 amide bonds. The monoisotopic (exact) mass is 308 g/mol. The molecule has 2 rings (SSSR count). The van der Waals surface area contributed by atoms with Crippen LogP contribution in [0.1, 0.15) is 16.7 Å². The van der Waals surface area contributed by atoms with E-state index in [2.05, 4.69) is 0 Å². The molecular weight excluding hydrogens is 295 g/mol. The molecule has 104 valence electrons. The smallest absolute Gasteiger partial charge is 0.123 e. The van der Waals surface area contributed by atoms with Gasteiger partial charge in [0.2, 0.25) is 0 Å². The van der Waals surface area contributed by atoms with E-state index in [0.29, 0.717) is 28.0 Å². The summed E-state index contributed by atoms with van der Waals surface area (Å²) in [7, 11) is 0. The van der Waals surface area contributed by atoms with Crippen molar-refractivity contribution in [1.29, 1.82) is 5.41 Å². The van der Waals surface area contributed by atoms with Crippen molar-refractivity contribution in [3.8, 4) is 5.75 Å². The topological polar surface area (TPSA) is 59.1 Å². The Morgan fingerprint density at radius 3 is 2.65 bits per heavy atom. The maximum Gasteiger partial charge on any atom is 0.123 e. The summed E-state index contributed by atoms with van der Waals surface area (Å²) >= 11 is 12.0. The molecule has 0 radical (unpaired) electrons. The molecule has 3 nitrogen and oxygen atoms in total. The van der Waals surface area contributed by atoms with Crippen molar-refractivity contribution >= 4 is 29.0 Å². The quantitative estimate of drug-likeness (QED) is 0.658. The van der Waals surface area contributed by atoms with Crippen LogP contribution < -0.4 is 10.5 Å². The zero-order valence-corrected chi connectivity index (χ0v) is 12.4. The molecule has 0 fully saturated rings. The number of nitrogen functional groups attached to an aromatic ring is 1. The molecule has 0 heterocycles. The molecule has 20 heavy (non-hydrogen) atoms. The summed E-state index contributed by atoms with van der Waals surface area (Å²) in [5, 5.41) is 8.66. The highest BCUT2D eigenvalue weighted by molar-refractivity contribution is 6.33. The maximum absolute atomic E-state index is 7.44. The van der Waals surface area contributed by atoms with Gasteiger partial charge in [0.25, 0.3) is 0 Å². The van der Waals surface area contributed by atoms with Crippen LogP contribution in [0.25, 0.3) is 0 Å². The maximum atomic E-state index is 7.44. The highest BCUT2D eigenvalue weighted by atomic mass is 35.5. The average Bonchev–Trinajstić information content (AvgIpc) is 2.41. The molecule has 0 aromatic heterocycles. The summed E-state index contributed by atoms with van der Waals surface area (Å²) < 4.78 is 5.75. The van der Waals surface area contributed by atoms with Gasteiger partial charge in [0, 0.05) is 21.2 Å². The van der Waals surface area contributed by atoms with E-state index in [-0.39, 0.29) is 5.84 Å². The van der Waals surface area contributed by atoms with Crippen LogP contribution in [0.15, 0.2) is 36.4 Å². The molecule has 2 aromatic rings. The Kier molecular flexibility index (Phi) is 4.53. The summed E-state index contributed by atoms with van der Waals surface area (Å²) in [6.07, 6.45) is 0. The van der Waals surface area contributed by atoms with E-state index in [1.54, 1.807) is 30.3 Å². The van der Waals surface area contributed by atoms with Crippen molar-refractivity contribution in [2.24, 2.45) is 5.73 Å². The van der Waals surface area contributed by atoms with Gasteiger partial charge in [-0.25, -0.2) is 0 Å². The van der Waals surface area contributed by atoms with Crippen molar-refractivity contribution < 1.29 is 4.74 Å². The van der Waals surface area contributed by atoms with Gasteiger partial charge in [-0.05, 0) is 36.8 Å². The van der Waals surface area contributed by atoms with Crippen LogP contribution in [0.4, 0.5) is 0 Å². The number of amidine groups is 1. The Morgan fingerprint density at radius 2 is 1.95 bits per heavy atom. The van der Waals surface area contributed by atoms with Crippen molar-refractivity contribution in [3.63, 3.8) is 0 Å². The third-order valence-corrected chi connectivity index (χ3v) is 3.49. The second kappa shape index (κ2) is 6.16. The fraction of sp³-hybridized carbons (Fsp3) is 0.133. The zero-order chi connectivity index (χ0) is 14.7. The number of rotatable bonds is 4. The number of aryl methyl sites for hydroxylation is 1. The van der Waals surface area contributed by atoms with E-state index in [1.165, 1.54) is 0 Å². The molecule has 0 spiro atoms. The van der Waals surface area contributed by atoms with Gasteiger partial charge < -0.3 is 10.5 Å². The molecule has 0 saturated heterocycles. The normalized spacial score (nSPS) is 10.3. The molecule has 0 bridgehead atoms. The Balaban J connectivity index is 2.20. The first-order valence-corrected chi connectivity index (χ1v) is 6.74. The molecule has 0 aliphatic heterocycles. The lowest BCUT2D eigenvalue weighted by Crippen LogP contribution is -2.11. The fourth-order valence-corrected chi connectivity index (χ4v) is 2.10. The largest absolute Gasteiger partial charge is 0.489 e. The van der Waals surface area contributed by atoms with Crippen molar-refractivity contribution in [1.82, 2.24) is 0 Å². The third-order valence-electron chi connectivity index (χ3n) is 2.89. The Bertz CT molecular complexity index is 656. The standard InChI is InChI=1S/C15H14Cl2N2O/c1-9-2-3-10(15(18)19)7-14(9)20-8-11-6-12(16)4-5-13(11)17/h2-7H,8H2,1H3,(H3,18,19). The lowest BCUT2D eigenvalue weighted by molar-refractivity contribution is 0.304. The predicted molar refractivity (Wildman–Crippen MR) is 83.0 cm³/mol.